The van der Waals surface area contributed by atoms with Gasteiger partial charge >= 0.3 is 0 Å². The van der Waals surface area contributed by atoms with Gasteiger partial charge in [-0.15, -0.1) is 0 Å². The van der Waals surface area contributed by atoms with Crippen molar-refractivity contribution in [2.75, 3.05) is 11.1 Å². The number of rotatable bonds is 6. The highest BCUT2D eigenvalue weighted by Crippen LogP contribution is 2.22. The Morgan fingerprint density at radius 3 is 2.65 bits per heavy atom. The summed E-state index contributed by atoms with van der Waals surface area (Å²) < 4.78 is 5.69. The SMILES string of the molecule is Cc1ccc(N=Cc2ccc(SCC(=O)Nc3ccccc3)o2)cc1C. The third kappa shape index (κ3) is 5.10. The molecule has 1 heterocycles. The third-order valence-corrected chi connectivity index (χ3v) is 4.75. The van der Waals surface area contributed by atoms with Crippen LogP contribution in [0.15, 0.2) is 75.2 Å². The number of hydrogen-bond donors (Lipinski definition) is 1. The molecule has 4 nitrogen and oxygen atoms in total. The van der Waals surface area contributed by atoms with E-state index in [0.717, 1.165) is 11.4 Å². The molecular formula is C21H20N2O2S. The predicted molar refractivity (Wildman–Crippen MR) is 108 cm³/mol. The Morgan fingerprint density at radius 1 is 1.08 bits per heavy atom. The number of aliphatic imine (C=N–C) groups is 1. The highest BCUT2D eigenvalue weighted by Gasteiger charge is 2.06. The monoisotopic (exact) mass is 364 g/mol. The maximum Gasteiger partial charge on any atom is 0.234 e. The van der Waals surface area contributed by atoms with Crippen molar-refractivity contribution in [1.29, 1.82) is 0 Å². The second kappa shape index (κ2) is 8.54. The van der Waals surface area contributed by atoms with Crippen molar-refractivity contribution >= 4 is 35.3 Å². The Balaban J connectivity index is 1.53. The third-order valence-electron chi connectivity index (χ3n) is 3.84. The van der Waals surface area contributed by atoms with E-state index in [4.69, 9.17) is 4.42 Å². The molecule has 0 saturated carbocycles. The maximum absolute atomic E-state index is 12.0. The number of para-hydroxylation sites is 1. The van der Waals surface area contributed by atoms with Crippen molar-refractivity contribution in [3.05, 3.63) is 77.6 Å². The van der Waals surface area contributed by atoms with Crippen LogP contribution in [0.4, 0.5) is 11.4 Å². The molecule has 0 aliphatic heterocycles. The van der Waals surface area contributed by atoms with Gasteiger partial charge in [0.15, 0.2) is 5.09 Å². The topological polar surface area (TPSA) is 54.6 Å². The Kier molecular flexibility index (Phi) is 5.92. The van der Waals surface area contributed by atoms with Crippen molar-refractivity contribution < 1.29 is 9.21 Å². The van der Waals surface area contributed by atoms with Crippen LogP contribution in [-0.2, 0) is 4.79 Å². The number of hydrogen-bond acceptors (Lipinski definition) is 4. The zero-order chi connectivity index (χ0) is 18.4. The van der Waals surface area contributed by atoms with Gasteiger partial charge < -0.3 is 9.73 Å². The minimum absolute atomic E-state index is 0.0667. The lowest BCUT2D eigenvalue weighted by atomic mass is 10.1. The Labute approximate surface area is 157 Å². The fourth-order valence-electron chi connectivity index (χ4n) is 2.28. The number of thioether (sulfide) groups is 1. The summed E-state index contributed by atoms with van der Waals surface area (Å²) >= 11 is 1.35. The van der Waals surface area contributed by atoms with Crippen molar-refractivity contribution in [3.8, 4) is 0 Å². The lowest BCUT2D eigenvalue weighted by Gasteiger charge is -2.03. The average Bonchev–Trinajstić information content (AvgIpc) is 3.10. The molecule has 26 heavy (non-hydrogen) atoms. The van der Waals surface area contributed by atoms with E-state index >= 15 is 0 Å². The summed E-state index contributed by atoms with van der Waals surface area (Å²) in [6, 6.07) is 19.2. The van der Waals surface area contributed by atoms with Crippen LogP contribution < -0.4 is 5.32 Å². The molecule has 2 aromatic carbocycles. The highest BCUT2D eigenvalue weighted by atomic mass is 32.2. The van der Waals surface area contributed by atoms with Gasteiger partial charge in [0.2, 0.25) is 5.91 Å². The summed E-state index contributed by atoms with van der Waals surface area (Å²) in [6.45, 7) is 4.14. The number of nitrogens with one attached hydrogen (secondary N) is 1. The first-order chi connectivity index (χ1) is 12.6. The Bertz CT molecular complexity index is 917. The number of furan rings is 1. The van der Waals surface area contributed by atoms with Gasteiger partial charge in [0.1, 0.15) is 5.76 Å². The van der Waals surface area contributed by atoms with Crippen molar-refractivity contribution in [1.82, 2.24) is 0 Å². The van der Waals surface area contributed by atoms with Gasteiger partial charge in [-0.3, -0.25) is 9.79 Å². The van der Waals surface area contributed by atoms with Crippen molar-refractivity contribution in [3.63, 3.8) is 0 Å². The number of anilines is 1. The fraction of sp³-hybridized carbons (Fsp3) is 0.143. The van der Waals surface area contributed by atoms with Gasteiger partial charge in [0.05, 0.1) is 17.7 Å². The normalized spacial score (nSPS) is 11.0. The maximum atomic E-state index is 12.0. The molecule has 0 bridgehead atoms. The molecule has 0 unspecified atom stereocenters. The Morgan fingerprint density at radius 2 is 1.88 bits per heavy atom. The summed E-state index contributed by atoms with van der Waals surface area (Å²) in [6.07, 6.45) is 1.69. The van der Waals surface area contributed by atoms with Gasteiger partial charge in [-0.05, 0) is 61.4 Å². The van der Waals surface area contributed by atoms with E-state index in [1.807, 2.05) is 54.6 Å². The molecule has 0 aliphatic carbocycles. The summed E-state index contributed by atoms with van der Waals surface area (Å²) in [5.74, 6) is 0.882. The molecule has 3 aromatic rings. The second-order valence-electron chi connectivity index (χ2n) is 5.89. The second-order valence-corrected chi connectivity index (χ2v) is 6.87. The number of benzene rings is 2. The number of carbonyl (C=O) groups excluding carboxylic acids is 1. The molecule has 0 aliphatic rings. The molecular weight excluding hydrogens is 344 g/mol. The molecule has 1 N–H and O–H groups in total. The first-order valence-electron chi connectivity index (χ1n) is 8.29. The van der Waals surface area contributed by atoms with Gasteiger partial charge in [-0.1, -0.05) is 36.0 Å². The van der Waals surface area contributed by atoms with Crippen LogP contribution in [0.1, 0.15) is 16.9 Å². The number of amides is 1. The van der Waals surface area contributed by atoms with Crippen LogP contribution >= 0.6 is 11.8 Å². The zero-order valence-electron chi connectivity index (χ0n) is 14.7. The summed E-state index contributed by atoms with van der Waals surface area (Å²) in [7, 11) is 0. The molecule has 132 valence electrons. The first-order valence-corrected chi connectivity index (χ1v) is 9.27. The van der Waals surface area contributed by atoms with Gasteiger partial charge in [-0.2, -0.15) is 0 Å². The van der Waals surface area contributed by atoms with Crippen LogP contribution in [0.2, 0.25) is 0 Å². The van der Waals surface area contributed by atoms with E-state index in [0.29, 0.717) is 10.9 Å². The molecule has 0 atom stereocenters. The predicted octanol–water partition coefficient (Wildman–Crippen LogP) is 5.38. The Hall–Kier alpha value is -2.79. The van der Waals surface area contributed by atoms with Crippen molar-refractivity contribution in [2.45, 2.75) is 18.9 Å². The van der Waals surface area contributed by atoms with E-state index in [2.05, 4.69) is 30.2 Å². The van der Waals surface area contributed by atoms with E-state index in [9.17, 15) is 4.79 Å². The van der Waals surface area contributed by atoms with Gasteiger partial charge in [0.25, 0.3) is 0 Å². The zero-order valence-corrected chi connectivity index (χ0v) is 15.5. The molecule has 1 amide bonds. The minimum Gasteiger partial charge on any atom is -0.449 e. The summed E-state index contributed by atoms with van der Waals surface area (Å²) in [5, 5.41) is 3.54. The van der Waals surface area contributed by atoms with Crippen molar-refractivity contribution in [2.24, 2.45) is 4.99 Å². The number of nitrogens with zero attached hydrogens (tertiary/aromatic N) is 1. The molecule has 3 rings (SSSR count). The largest absolute Gasteiger partial charge is 0.449 e. The quantitative estimate of drug-likeness (QED) is 0.472. The van der Waals surface area contributed by atoms with E-state index in [1.165, 1.54) is 22.9 Å². The molecule has 0 radical (unpaired) electrons. The summed E-state index contributed by atoms with van der Waals surface area (Å²) in [4.78, 5) is 16.4. The van der Waals surface area contributed by atoms with Crippen LogP contribution in [0, 0.1) is 13.8 Å². The fourth-order valence-corrected chi connectivity index (χ4v) is 2.95. The van der Waals surface area contributed by atoms with Crippen LogP contribution in [0.25, 0.3) is 0 Å². The number of aryl methyl sites for hydroxylation is 2. The van der Waals surface area contributed by atoms with E-state index in [-0.39, 0.29) is 11.7 Å². The smallest absolute Gasteiger partial charge is 0.234 e. The average molecular weight is 364 g/mol. The van der Waals surface area contributed by atoms with Gasteiger partial charge in [-0.25, -0.2) is 0 Å². The van der Waals surface area contributed by atoms with Crippen LogP contribution in [0.3, 0.4) is 0 Å². The van der Waals surface area contributed by atoms with Crippen LogP contribution in [-0.4, -0.2) is 17.9 Å². The highest BCUT2D eigenvalue weighted by molar-refractivity contribution is 7.99. The molecule has 5 heteroatoms. The molecule has 0 spiro atoms. The van der Waals surface area contributed by atoms with Crippen LogP contribution in [0.5, 0.6) is 0 Å². The lowest BCUT2D eigenvalue weighted by Crippen LogP contribution is -2.13. The van der Waals surface area contributed by atoms with E-state index in [1.54, 1.807) is 6.21 Å². The molecule has 0 saturated heterocycles. The molecule has 0 fully saturated rings. The standard InChI is InChI=1S/C21H20N2O2S/c1-15-8-9-18(12-16(15)2)22-13-19-10-11-21(25-19)26-14-20(24)23-17-6-4-3-5-7-17/h3-13H,14H2,1-2H3,(H,23,24). The summed E-state index contributed by atoms with van der Waals surface area (Å²) in [5.41, 5.74) is 4.13. The number of carbonyl (C=O) groups is 1. The minimum atomic E-state index is -0.0667. The lowest BCUT2D eigenvalue weighted by molar-refractivity contribution is -0.113. The first kappa shape index (κ1) is 18.0. The van der Waals surface area contributed by atoms with Gasteiger partial charge in [0, 0.05) is 5.69 Å². The van der Waals surface area contributed by atoms with E-state index < -0.39 is 0 Å². The molecule has 1 aromatic heterocycles.